The molecule has 0 aliphatic carbocycles. The van der Waals surface area contributed by atoms with Crippen LogP contribution in [-0.2, 0) is 6.54 Å². The van der Waals surface area contributed by atoms with E-state index in [4.69, 9.17) is 0 Å². The van der Waals surface area contributed by atoms with E-state index in [-0.39, 0.29) is 11.9 Å². The summed E-state index contributed by atoms with van der Waals surface area (Å²) in [6, 6.07) is 5.74. The van der Waals surface area contributed by atoms with E-state index in [0.29, 0.717) is 13.1 Å². The van der Waals surface area contributed by atoms with E-state index in [1.54, 1.807) is 0 Å². The first-order valence-corrected chi connectivity index (χ1v) is 9.93. The van der Waals surface area contributed by atoms with Crippen LogP contribution >= 0.6 is 11.5 Å². The van der Waals surface area contributed by atoms with E-state index in [1.165, 1.54) is 11.5 Å². The van der Waals surface area contributed by atoms with Crippen molar-refractivity contribution in [3.05, 3.63) is 47.2 Å². The van der Waals surface area contributed by atoms with Crippen LogP contribution in [0.2, 0.25) is 0 Å². The van der Waals surface area contributed by atoms with Gasteiger partial charge in [0.15, 0.2) is 16.7 Å². The summed E-state index contributed by atoms with van der Waals surface area (Å²) in [5, 5.41) is 10.6. The minimum absolute atomic E-state index is 0.0176. The number of aromatic nitrogens is 6. The lowest BCUT2D eigenvalue weighted by Crippen LogP contribution is -2.41. The number of fused-ring (bicyclic) bond motifs is 2. The summed E-state index contributed by atoms with van der Waals surface area (Å²) in [5.74, 6) is 2.25. The summed E-state index contributed by atoms with van der Waals surface area (Å²) in [4.78, 5) is 22.8. The topological polar surface area (TPSA) is 92.6 Å². The average Bonchev–Trinajstić information content (AvgIpc) is 3.41. The van der Waals surface area contributed by atoms with Crippen molar-refractivity contribution >= 4 is 28.3 Å². The van der Waals surface area contributed by atoms with Crippen LogP contribution in [0.15, 0.2) is 24.4 Å². The van der Waals surface area contributed by atoms with Gasteiger partial charge >= 0.3 is 0 Å². The lowest BCUT2D eigenvalue weighted by molar-refractivity contribution is 0.0638. The first kappa shape index (κ1) is 17.1. The fourth-order valence-corrected chi connectivity index (χ4v) is 4.54. The normalized spacial score (nSPS) is 16.5. The zero-order chi connectivity index (χ0) is 19.4. The third-order valence-corrected chi connectivity index (χ3v) is 6.19. The number of aromatic amines is 1. The van der Waals surface area contributed by atoms with Gasteiger partial charge in [0.2, 0.25) is 0 Å². The molecule has 5 rings (SSSR count). The fraction of sp³-hybridized carbons (Fsp3) is 0.316. The second kappa shape index (κ2) is 6.23. The predicted octanol–water partition coefficient (Wildman–Crippen LogP) is 3.11. The molecule has 1 amide bonds. The molecule has 0 unspecified atom stereocenters. The van der Waals surface area contributed by atoms with Gasteiger partial charge < -0.3 is 14.5 Å². The van der Waals surface area contributed by atoms with E-state index in [0.717, 1.165) is 44.5 Å². The largest absolute Gasteiger partial charge is 0.361 e. The Bertz CT molecular complexity index is 1200. The Balaban J connectivity index is 1.49. The molecule has 28 heavy (non-hydrogen) atoms. The minimum Gasteiger partial charge on any atom is -0.361 e. The second-order valence-electron chi connectivity index (χ2n) is 7.03. The molecule has 1 aliphatic rings. The Morgan fingerprint density at radius 1 is 1.21 bits per heavy atom. The molecule has 4 aromatic rings. The van der Waals surface area contributed by atoms with Crippen LogP contribution in [-0.4, -0.2) is 46.5 Å². The second-order valence-corrected chi connectivity index (χ2v) is 7.79. The van der Waals surface area contributed by atoms with Crippen molar-refractivity contribution < 1.29 is 4.79 Å². The molecule has 0 bridgehead atoms. The maximum absolute atomic E-state index is 13.3. The molecule has 142 valence electrons. The molecule has 1 aliphatic heterocycles. The smallest absolute Gasteiger partial charge is 0.254 e. The van der Waals surface area contributed by atoms with Gasteiger partial charge in [0.05, 0.1) is 6.04 Å². The van der Waals surface area contributed by atoms with Gasteiger partial charge in [0, 0.05) is 30.4 Å². The van der Waals surface area contributed by atoms with Crippen LogP contribution in [0, 0.1) is 13.8 Å². The monoisotopic (exact) mass is 393 g/mol. The highest BCUT2D eigenvalue weighted by atomic mass is 32.1. The fourth-order valence-electron chi connectivity index (χ4n) is 3.87. The van der Waals surface area contributed by atoms with Crippen molar-refractivity contribution in [3.8, 4) is 10.8 Å². The van der Waals surface area contributed by atoms with E-state index >= 15 is 0 Å². The molecule has 1 atom stereocenters. The summed E-state index contributed by atoms with van der Waals surface area (Å²) >= 11 is 1.32. The molecule has 8 nitrogen and oxygen atoms in total. The Morgan fingerprint density at radius 3 is 2.86 bits per heavy atom. The number of nitrogens with zero attached hydrogens (tertiary/aromatic N) is 6. The molecule has 0 saturated heterocycles. The molecule has 0 saturated carbocycles. The Hall–Kier alpha value is -3.07. The van der Waals surface area contributed by atoms with Crippen LogP contribution in [0.1, 0.15) is 40.5 Å². The van der Waals surface area contributed by atoms with Gasteiger partial charge in [-0.25, -0.2) is 4.98 Å². The van der Waals surface area contributed by atoms with Crippen LogP contribution < -0.4 is 0 Å². The first-order valence-electron chi connectivity index (χ1n) is 9.16. The van der Waals surface area contributed by atoms with Crippen molar-refractivity contribution in [2.24, 2.45) is 0 Å². The summed E-state index contributed by atoms with van der Waals surface area (Å²) in [6.07, 6.45) is 1.90. The van der Waals surface area contributed by atoms with Crippen molar-refractivity contribution in [1.82, 2.24) is 34.0 Å². The summed E-state index contributed by atoms with van der Waals surface area (Å²) in [7, 11) is 0. The van der Waals surface area contributed by atoms with E-state index < -0.39 is 0 Å². The molecule has 0 fully saturated rings. The van der Waals surface area contributed by atoms with Crippen LogP contribution in [0.25, 0.3) is 21.7 Å². The number of H-pyrrole nitrogens is 1. The van der Waals surface area contributed by atoms with Gasteiger partial charge in [-0.15, -0.1) is 10.2 Å². The highest BCUT2D eigenvalue weighted by molar-refractivity contribution is 7.09. The molecule has 9 heteroatoms. The maximum Gasteiger partial charge on any atom is 0.254 e. The van der Waals surface area contributed by atoms with Gasteiger partial charge in [0.1, 0.15) is 5.82 Å². The average molecular weight is 393 g/mol. The third kappa shape index (κ3) is 2.46. The number of hydrogen-bond donors (Lipinski definition) is 1. The zero-order valence-electron chi connectivity index (χ0n) is 15.8. The highest BCUT2D eigenvalue weighted by Crippen LogP contribution is 2.31. The number of benzene rings is 1. The first-order chi connectivity index (χ1) is 13.5. The molecular weight excluding hydrogens is 374 g/mol. The Kier molecular flexibility index (Phi) is 3.80. The van der Waals surface area contributed by atoms with Gasteiger partial charge in [-0.05, 0) is 55.4 Å². The standard InChI is InChI=1S/C19H19N7OS/c1-10-14(5-4-13-6-7-20-15(10)13)19(27)25-8-9-26-16(11(25)2)22-23-17(26)18-21-12(3)24-28-18/h4-7,11,20H,8-9H2,1-3H3/t11-/m1/s1. The Morgan fingerprint density at radius 2 is 2.07 bits per heavy atom. The van der Waals surface area contributed by atoms with E-state index in [1.807, 2.05) is 50.1 Å². The number of nitrogens with one attached hydrogen (secondary N) is 1. The molecule has 1 aromatic carbocycles. The van der Waals surface area contributed by atoms with Gasteiger partial charge in [-0.3, -0.25) is 4.79 Å². The number of carbonyl (C=O) groups excluding carboxylic acids is 1. The third-order valence-electron chi connectivity index (χ3n) is 5.38. The van der Waals surface area contributed by atoms with Gasteiger partial charge in [-0.2, -0.15) is 4.37 Å². The highest BCUT2D eigenvalue weighted by Gasteiger charge is 2.33. The lowest BCUT2D eigenvalue weighted by atomic mass is 10.0. The number of hydrogen-bond acceptors (Lipinski definition) is 6. The molecule has 3 aromatic heterocycles. The SMILES string of the molecule is Cc1nsc(-c2nnc3n2CCN(C(=O)c2ccc4cc[nH]c4c2C)[C@@H]3C)n1. The molecule has 4 heterocycles. The van der Waals surface area contributed by atoms with Crippen LogP contribution in [0.3, 0.4) is 0 Å². The van der Waals surface area contributed by atoms with Gasteiger partial charge in [0.25, 0.3) is 5.91 Å². The number of carbonyl (C=O) groups is 1. The lowest BCUT2D eigenvalue weighted by Gasteiger charge is -2.34. The predicted molar refractivity (Wildman–Crippen MR) is 106 cm³/mol. The number of rotatable bonds is 2. The van der Waals surface area contributed by atoms with E-state index in [2.05, 4.69) is 29.1 Å². The maximum atomic E-state index is 13.3. The van der Waals surface area contributed by atoms with Crippen molar-refractivity contribution in [2.45, 2.75) is 33.4 Å². The summed E-state index contributed by atoms with van der Waals surface area (Å²) < 4.78 is 6.29. The van der Waals surface area contributed by atoms with Crippen molar-refractivity contribution in [2.75, 3.05) is 6.54 Å². The minimum atomic E-state index is -0.171. The quantitative estimate of drug-likeness (QED) is 0.565. The summed E-state index contributed by atoms with van der Waals surface area (Å²) in [6.45, 7) is 7.07. The molecular formula is C19H19N7OS. The summed E-state index contributed by atoms with van der Waals surface area (Å²) in [5.41, 5.74) is 2.69. The molecule has 0 spiro atoms. The number of aryl methyl sites for hydroxylation is 2. The zero-order valence-corrected chi connectivity index (χ0v) is 16.6. The van der Waals surface area contributed by atoms with E-state index in [9.17, 15) is 4.79 Å². The number of amides is 1. The molecule has 1 N–H and O–H groups in total. The van der Waals surface area contributed by atoms with Crippen molar-refractivity contribution in [1.29, 1.82) is 0 Å². The van der Waals surface area contributed by atoms with Gasteiger partial charge in [-0.1, -0.05) is 6.07 Å². The Labute approximate surface area is 165 Å². The van der Waals surface area contributed by atoms with Crippen molar-refractivity contribution in [3.63, 3.8) is 0 Å². The van der Waals surface area contributed by atoms with Crippen LogP contribution in [0.5, 0.6) is 0 Å². The molecule has 0 radical (unpaired) electrons. The van der Waals surface area contributed by atoms with Crippen LogP contribution in [0.4, 0.5) is 0 Å².